The monoisotopic (exact) mass is 142 g/mol. The zero-order valence-electron chi connectivity index (χ0n) is 6.02. The molecule has 0 saturated heterocycles. The molecular weight excluding hydrogens is 128 g/mol. The normalized spacial score (nSPS) is 27.9. The highest BCUT2D eigenvalue weighted by atomic mass is 32.2. The summed E-state index contributed by atoms with van der Waals surface area (Å²) in [6, 6.07) is 0. The van der Waals surface area contributed by atoms with Crippen LogP contribution in [0.3, 0.4) is 0 Å². The van der Waals surface area contributed by atoms with Crippen LogP contribution in [0.5, 0.6) is 0 Å². The van der Waals surface area contributed by atoms with Crippen molar-refractivity contribution in [1.29, 1.82) is 0 Å². The maximum atomic E-state index is 2.39. The fraction of sp³-hybridized carbons (Fsp3) is 0.750. The average Bonchev–Trinajstić information content (AvgIpc) is 1.79. The first-order chi connectivity index (χ1) is 4.39. The molecule has 0 atom stereocenters. The molecule has 0 N–H and O–H groups in total. The highest BCUT2D eigenvalue weighted by molar-refractivity contribution is 7.99. The quantitative estimate of drug-likeness (QED) is 0.469. The number of allylic oxidation sites excluding steroid dienone is 2. The average molecular weight is 142 g/mol. The van der Waals surface area contributed by atoms with Gasteiger partial charge in [-0.1, -0.05) is 11.6 Å². The van der Waals surface area contributed by atoms with Crippen LogP contribution in [0, 0.1) is 0 Å². The fourth-order valence-corrected chi connectivity index (χ4v) is 2.01. The second kappa shape index (κ2) is 3.99. The van der Waals surface area contributed by atoms with E-state index in [1.165, 1.54) is 30.8 Å². The van der Waals surface area contributed by atoms with E-state index >= 15 is 0 Å². The van der Waals surface area contributed by atoms with Crippen molar-refractivity contribution in [3.05, 3.63) is 11.6 Å². The number of thioether (sulfide) groups is 1. The summed E-state index contributed by atoms with van der Waals surface area (Å²) in [4.78, 5) is 0. The predicted molar refractivity (Wildman–Crippen MR) is 44.9 cm³/mol. The van der Waals surface area contributed by atoms with Crippen molar-refractivity contribution in [2.75, 3.05) is 11.5 Å². The van der Waals surface area contributed by atoms with Crippen molar-refractivity contribution >= 4 is 11.8 Å². The van der Waals surface area contributed by atoms with Gasteiger partial charge in [0.25, 0.3) is 0 Å². The van der Waals surface area contributed by atoms with E-state index in [9.17, 15) is 0 Å². The smallest absolute Gasteiger partial charge is 0.00303 e. The highest BCUT2D eigenvalue weighted by Gasteiger charge is 1.95. The largest absolute Gasteiger partial charge is 0.162 e. The molecule has 0 aromatic carbocycles. The van der Waals surface area contributed by atoms with Crippen LogP contribution in [-0.4, -0.2) is 11.5 Å². The summed E-state index contributed by atoms with van der Waals surface area (Å²) in [5, 5.41) is 0. The van der Waals surface area contributed by atoms with E-state index in [0.717, 1.165) is 0 Å². The topological polar surface area (TPSA) is 0 Å². The first kappa shape index (κ1) is 7.20. The summed E-state index contributed by atoms with van der Waals surface area (Å²) >= 11 is 2.09. The molecule has 0 fully saturated rings. The van der Waals surface area contributed by atoms with Crippen LogP contribution in [0.2, 0.25) is 0 Å². The van der Waals surface area contributed by atoms with Gasteiger partial charge in [0.15, 0.2) is 0 Å². The van der Waals surface area contributed by atoms with Gasteiger partial charge in [-0.05, 0) is 37.7 Å². The second-order valence-electron chi connectivity index (χ2n) is 2.56. The SMILES string of the molecule is C/C1=C/CCCSCC1. The third-order valence-corrected chi connectivity index (χ3v) is 2.70. The van der Waals surface area contributed by atoms with E-state index in [0.29, 0.717) is 0 Å². The number of rotatable bonds is 0. The number of hydrogen-bond donors (Lipinski definition) is 0. The molecule has 0 aromatic rings. The molecule has 9 heavy (non-hydrogen) atoms. The first-order valence-corrected chi connectivity index (χ1v) is 4.78. The van der Waals surface area contributed by atoms with Gasteiger partial charge in [-0.3, -0.25) is 0 Å². The molecule has 0 aromatic heterocycles. The van der Waals surface area contributed by atoms with Crippen LogP contribution in [0.15, 0.2) is 11.6 Å². The molecule has 0 radical (unpaired) electrons. The first-order valence-electron chi connectivity index (χ1n) is 3.63. The zero-order chi connectivity index (χ0) is 6.53. The molecule has 0 saturated carbocycles. The molecule has 0 aliphatic carbocycles. The van der Waals surface area contributed by atoms with Crippen molar-refractivity contribution in [3.8, 4) is 0 Å². The Balaban J connectivity index is 2.32. The van der Waals surface area contributed by atoms with Gasteiger partial charge in [0.2, 0.25) is 0 Å². The van der Waals surface area contributed by atoms with Crippen LogP contribution in [0.25, 0.3) is 0 Å². The van der Waals surface area contributed by atoms with Crippen molar-refractivity contribution in [2.45, 2.75) is 26.2 Å². The molecule has 1 heterocycles. The molecule has 52 valence electrons. The van der Waals surface area contributed by atoms with E-state index in [1.54, 1.807) is 5.57 Å². The Hall–Kier alpha value is 0.0900. The van der Waals surface area contributed by atoms with Crippen molar-refractivity contribution in [3.63, 3.8) is 0 Å². The van der Waals surface area contributed by atoms with Crippen LogP contribution in [0.4, 0.5) is 0 Å². The van der Waals surface area contributed by atoms with Crippen LogP contribution < -0.4 is 0 Å². The van der Waals surface area contributed by atoms with E-state index in [-0.39, 0.29) is 0 Å². The molecule has 1 aliphatic heterocycles. The lowest BCUT2D eigenvalue weighted by Gasteiger charge is -2.05. The Bertz CT molecular complexity index is 105. The number of hydrogen-bond acceptors (Lipinski definition) is 1. The third-order valence-electron chi connectivity index (χ3n) is 1.63. The summed E-state index contributed by atoms with van der Waals surface area (Å²) in [7, 11) is 0. The molecule has 0 nitrogen and oxygen atoms in total. The fourth-order valence-electron chi connectivity index (χ4n) is 0.971. The molecule has 1 rings (SSSR count). The van der Waals surface area contributed by atoms with Gasteiger partial charge in [0, 0.05) is 0 Å². The van der Waals surface area contributed by atoms with E-state index in [1.807, 2.05) is 0 Å². The van der Waals surface area contributed by atoms with Gasteiger partial charge in [0.1, 0.15) is 0 Å². The lowest BCUT2D eigenvalue weighted by molar-refractivity contribution is 0.931. The Morgan fingerprint density at radius 1 is 1.44 bits per heavy atom. The van der Waals surface area contributed by atoms with Gasteiger partial charge >= 0.3 is 0 Å². The van der Waals surface area contributed by atoms with Gasteiger partial charge in [-0.15, -0.1) is 0 Å². The maximum Gasteiger partial charge on any atom is -0.00303 e. The Morgan fingerprint density at radius 2 is 2.33 bits per heavy atom. The van der Waals surface area contributed by atoms with Gasteiger partial charge in [0.05, 0.1) is 0 Å². The molecule has 0 spiro atoms. The lowest BCUT2D eigenvalue weighted by atomic mass is 10.2. The standard InChI is InChI=1S/C8H14S/c1-8-4-2-3-6-9-7-5-8/h4H,2-3,5-7H2,1H3/b8-4-. The Kier molecular flexibility index (Phi) is 3.20. The highest BCUT2D eigenvalue weighted by Crippen LogP contribution is 2.15. The van der Waals surface area contributed by atoms with Crippen LogP contribution in [-0.2, 0) is 0 Å². The summed E-state index contributed by atoms with van der Waals surface area (Å²) < 4.78 is 0. The molecule has 0 unspecified atom stereocenters. The maximum absolute atomic E-state index is 2.39. The molecule has 0 amide bonds. The van der Waals surface area contributed by atoms with E-state index in [2.05, 4.69) is 24.8 Å². The third kappa shape index (κ3) is 2.95. The Morgan fingerprint density at radius 3 is 3.22 bits per heavy atom. The van der Waals surface area contributed by atoms with Crippen LogP contribution >= 0.6 is 11.8 Å². The van der Waals surface area contributed by atoms with E-state index in [4.69, 9.17) is 0 Å². The second-order valence-corrected chi connectivity index (χ2v) is 3.78. The van der Waals surface area contributed by atoms with Gasteiger partial charge in [-0.25, -0.2) is 0 Å². The summed E-state index contributed by atoms with van der Waals surface area (Å²) in [6.45, 7) is 2.24. The zero-order valence-corrected chi connectivity index (χ0v) is 6.84. The van der Waals surface area contributed by atoms with Crippen molar-refractivity contribution in [2.24, 2.45) is 0 Å². The van der Waals surface area contributed by atoms with Gasteiger partial charge in [-0.2, -0.15) is 11.8 Å². The van der Waals surface area contributed by atoms with Crippen LogP contribution in [0.1, 0.15) is 26.2 Å². The van der Waals surface area contributed by atoms with E-state index < -0.39 is 0 Å². The minimum absolute atomic E-state index is 1.30. The molecular formula is C8H14S. The molecule has 1 aliphatic rings. The van der Waals surface area contributed by atoms with Crippen molar-refractivity contribution in [1.82, 2.24) is 0 Å². The molecule has 1 heteroatoms. The summed E-state index contributed by atoms with van der Waals surface area (Å²) in [6.07, 6.45) is 6.38. The van der Waals surface area contributed by atoms with Crippen molar-refractivity contribution < 1.29 is 0 Å². The van der Waals surface area contributed by atoms with Gasteiger partial charge < -0.3 is 0 Å². The summed E-state index contributed by atoms with van der Waals surface area (Å²) in [5.41, 5.74) is 1.59. The Labute approximate surface area is 61.7 Å². The lowest BCUT2D eigenvalue weighted by Crippen LogP contribution is -1.89. The molecule has 0 bridgehead atoms. The minimum Gasteiger partial charge on any atom is -0.162 e. The predicted octanol–water partition coefficient (Wildman–Crippen LogP) is 2.85. The summed E-state index contributed by atoms with van der Waals surface area (Å²) in [5.74, 6) is 2.70. The minimum atomic E-state index is 1.30.